The summed E-state index contributed by atoms with van der Waals surface area (Å²) in [5.74, 6) is -0.279. The molecule has 0 aliphatic carbocycles. The number of aliphatic hydroxyl groups excluding tert-OH is 1. The molecule has 0 aliphatic heterocycles. The zero-order valence-electron chi connectivity index (χ0n) is 6.72. The van der Waals surface area contributed by atoms with Crippen molar-refractivity contribution in [2.45, 2.75) is 26.9 Å². The first-order valence-electron chi connectivity index (χ1n) is 3.34. The van der Waals surface area contributed by atoms with Crippen LogP contribution in [0.3, 0.4) is 0 Å². The summed E-state index contributed by atoms with van der Waals surface area (Å²) in [4.78, 5) is 10.9. The van der Waals surface area contributed by atoms with Gasteiger partial charge in [-0.05, 0) is 18.4 Å². The van der Waals surface area contributed by atoms with Gasteiger partial charge in [-0.1, -0.05) is 20.4 Å². The van der Waals surface area contributed by atoms with Crippen LogP contribution >= 0.6 is 0 Å². The van der Waals surface area contributed by atoms with E-state index in [-0.39, 0.29) is 11.7 Å². The van der Waals surface area contributed by atoms with Crippen LogP contribution in [-0.4, -0.2) is 17.0 Å². The van der Waals surface area contributed by atoms with Gasteiger partial charge in [-0.3, -0.25) is 4.79 Å². The molecule has 2 heteroatoms. The summed E-state index contributed by atoms with van der Waals surface area (Å²) in [6.45, 7) is 8.65. The Morgan fingerprint density at radius 3 is 2.00 bits per heavy atom. The Kier molecular flexibility index (Phi) is 3.30. The van der Waals surface area contributed by atoms with E-state index in [1.54, 1.807) is 20.8 Å². The minimum Gasteiger partial charge on any atom is -0.385 e. The molecule has 2 nitrogen and oxygen atoms in total. The molecular weight excluding hydrogens is 128 g/mol. The molecule has 0 aromatic carbocycles. The maximum Gasteiger partial charge on any atom is 0.186 e. The van der Waals surface area contributed by atoms with Crippen molar-refractivity contribution in [1.82, 2.24) is 0 Å². The molecule has 0 heterocycles. The Balaban J connectivity index is 4.08. The van der Waals surface area contributed by atoms with Gasteiger partial charge in [-0.2, -0.15) is 0 Å². The average Bonchev–Trinajstić information content (AvgIpc) is 1.84. The summed E-state index contributed by atoms with van der Waals surface area (Å²) in [5.41, 5.74) is 0.418. The first-order valence-corrected chi connectivity index (χ1v) is 3.34. The quantitative estimate of drug-likeness (QED) is 0.600. The largest absolute Gasteiger partial charge is 0.385 e. The molecule has 0 saturated heterocycles. The molecule has 1 unspecified atom stereocenters. The van der Waals surface area contributed by atoms with Gasteiger partial charge in [0.15, 0.2) is 5.78 Å². The van der Waals surface area contributed by atoms with Gasteiger partial charge in [-0.15, -0.1) is 0 Å². The van der Waals surface area contributed by atoms with E-state index in [1.165, 1.54) is 0 Å². The summed E-state index contributed by atoms with van der Waals surface area (Å²) in [6.07, 6.45) is -0.877. The third kappa shape index (κ3) is 2.31. The van der Waals surface area contributed by atoms with Gasteiger partial charge in [0.25, 0.3) is 0 Å². The number of hydrogen-bond donors (Lipinski definition) is 1. The van der Waals surface area contributed by atoms with E-state index >= 15 is 0 Å². The number of rotatable bonds is 3. The van der Waals surface area contributed by atoms with Gasteiger partial charge in [0.05, 0.1) is 0 Å². The monoisotopic (exact) mass is 142 g/mol. The highest BCUT2D eigenvalue weighted by Gasteiger charge is 2.18. The number of carbonyl (C=O) groups is 1. The number of hydrogen-bond acceptors (Lipinski definition) is 2. The summed E-state index contributed by atoms with van der Waals surface area (Å²) < 4.78 is 0. The van der Waals surface area contributed by atoms with Gasteiger partial charge in [0, 0.05) is 0 Å². The van der Waals surface area contributed by atoms with Gasteiger partial charge >= 0.3 is 0 Å². The fraction of sp³-hybridized carbons (Fsp3) is 0.625. The summed E-state index contributed by atoms with van der Waals surface area (Å²) in [6, 6.07) is 0. The summed E-state index contributed by atoms with van der Waals surface area (Å²) in [5, 5.41) is 9.15. The number of aliphatic hydroxyl groups is 1. The Bertz CT molecular complexity index is 147. The van der Waals surface area contributed by atoms with E-state index in [2.05, 4.69) is 6.58 Å². The van der Waals surface area contributed by atoms with E-state index in [4.69, 9.17) is 5.11 Å². The summed E-state index contributed by atoms with van der Waals surface area (Å²) >= 11 is 0. The van der Waals surface area contributed by atoms with Crippen LogP contribution < -0.4 is 0 Å². The third-order valence-corrected chi connectivity index (χ3v) is 1.32. The lowest BCUT2D eigenvalue weighted by Gasteiger charge is -2.11. The van der Waals surface area contributed by atoms with Crippen molar-refractivity contribution in [1.29, 1.82) is 0 Å². The maximum absolute atomic E-state index is 10.9. The zero-order valence-corrected chi connectivity index (χ0v) is 6.72. The van der Waals surface area contributed by atoms with Crippen molar-refractivity contribution < 1.29 is 9.90 Å². The van der Waals surface area contributed by atoms with E-state index in [1.807, 2.05) is 0 Å². The lowest BCUT2D eigenvalue weighted by atomic mass is 10.00. The molecule has 58 valence electrons. The molecule has 0 fully saturated rings. The second kappa shape index (κ2) is 3.52. The van der Waals surface area contributed by atoms with Gasteiger partial charge in [0.1, 0.15) is 6.10 Å². The second-order valence-electron chi connectivity index (χ2n) is 2.83. The molecule has 1 N–H and O–H groups in total. The highest BCUT2D eigenvalue weighted by molar-refractivity contribution is 5.97. The van der Waals surface area contributed by atoms with Gasteiger partial charge in [0.2, 0.25) is 0 Å². The zero-order chi connectivity index (χ0) is 8.31. The van der Waals surface area contributed by atoms with Crippen molar-refractivity contribution in [2.24, 2.45) is 5.92 Å². The molecule has 10 heavy (non-hydrogen) atoms. The minimum atomic E-state index is -0.877. The van der Waals surface area contributed by atoms with Crippen LogP contribution in [0.15, 0.2) is 12.2 Å². The standard InChI is InChI=1S/C8H14O2/c1-5(2)7(9)8(10)6(3)4/h6,8,10H,1H2,2-4H3. The molecule has 0 aromatic heterocycles. The minimum absolute atomic E-state index is 0.0239. The van der Waals surface area contributed by atoms with Crippen molar-refractivity contribution in [3.8, 4) is 0 Å². The molecule has 0 bridgehead atoms. The Labute approximate surface area is 61.6 Å². The van der Waals surface area contributed by atoms with Crippen LogP contribution in [0, 0.1) is 5.92 Å². The van der Waals surface area contributed by atoms with Crippen LogP contribution in [-0.2, 0) is 4.79 Å². The Morgan fingerprint density at radius 2 is 1.90 bits per heavy atom. The van der Waals surface area contributed by atoms with Crippen LogP contribution in [0.4, 0.5) is 0 Å². The predicted molar refractivity (Wildman–Crippen MR) is 40.7 cm³/mol. The van der Waals surface area contributed by atoms with E-state index in [0.717, 1.165) is 0 Å². The molecule has 0 aliphatic rings. The van der Waals surface area contributed by atoms with Crippen LogP contribution in [0.1, 0.15) is 20.8 Å². The topological polar surface area (TPSA) is 37.3 Å². The smallest absolute Gasteiger partial charge is 0.186 e. The number of ketones is 1. The lowest BCUT2D eigenvalue weighted by Crippen LogP contribution is -2.26. The molecule has 1 atom stereocenters. The number of Topliss-reactive ketones (excluding diaryl/α,β-unsaturated/α-hetero) is 1. The van der Waals surface area contributed by atoms with Crippen LogP contribution in [0.25, 0.3) is 0 Å². The first-order chi connectivity index (χ1) is 4.46. The van der Waals surface area contributed by atoms with Gasteiger partial charge < -0.3 is 5.11 Å². The average molecular weight is 142 g/mol. The fourth-order valence-electron chi connectivity index (χ4n) is 0.555. The van der Waals surface area contributed by atoms with Crippen LogP contribution in [0.2, 0.25) is 0 Å². The van der Waals surface area contributed by atoms with Crippen molar-refractivity contribution in [3.63, 3.8) is 0 Å². The van der Waals surface area contributed by atoms with E-state index < -0.39 is 6.10 Å². The molecule has 0 spiro atoms. The highest BCUT2D eigenvalue weighted by Crippen LogP contribution is 2.06. The van der Waals surface area contributed by atoms with E-state index in [9.17, 15) is 4.79 Å². The third-order valence-electron chi connectivity index (χ3n) is 1.32. The predicted octanol–water partition coefficient (Wildman–Crippen LogP) is 1.15. The molecule has 0 radical (unpaired) electrons. The first kappa shape index (κ1) is 9.37. The van der Waals surface area contributed by atoms with E-state index in [0.29, 0.717) is 5.57 Å². The highest BCUT2D eigenvalue weighted by atomic mass is 16.3. The van der Waals surface area contributed by atoms with Crippen molar-refractivity contribution >= 4 is 5.78 Å². The Morgan fingerprint density at radius 1 is 1.50 bits per heavy atom. The van der Waals surface area contributed by atoms with Crippen molar-refractivity contribution in [3.05, 3.63) is 12.2 Å². The maximum atomic E-state index is 10.9. The molecule has 0 amide bonds. The summed E-state index contributed by atoms with van der Waals surface area (Å²) in [7, 11) is 0. The fourth-order valence-corrected chi connectivity index (χ4v) is 0.555. The lowest BCUT2D eigenvalue weighted by molar-refractivity contribution is -0.125. The van der Waals surface area contributed by atoms with Crippen molar-refractivity contribution in [2.75, 3.05) is 0 Å². The molecule has 0 saturated carbocycles. The van der Waals surface area contributed by atoms with Gasteiger partial charge in [-0.25, -0.2) is 0 Å². The molecular formula is C8H14O2. The number of carbonyl (C=O) groups excluding carboxylic acids is 1. The normalized spacial score (nSPS) is 13.3. The SMILES string of the molecule is C=C(C)C(=O)C(O)C(C)C. The molecule has 0 rings (SSSR count). The molecule has 0 aromatic rings. The Hall–Kier alpha value is -0.630. The second-order valence-corrected chi connectivity index (χ2v) is 2.83. The van der Waals surface area contributed by atoms with Crippen LogP contribution in [0.5, 0.6) is 0 Å².